The van der Waals surface area contributed by atoms with Crippen LogP contribution in [0.15, 0.2) is 66.2 Å². The van der Waals surface area contributed by atoms with Gasteiger partial charge in [-0.1, -0.05) is 36.8 Å². The molecule has 1 aromatic heterocycles. The summed E-state index contributed by atoms with van der Waals surface area (Å²) >= 11 is 1.29. The molecular weight excluding hydrogens is 540 g/mol. The van der Waals surface area contributed by atoms with E-state index in [1.165, 1.54) is 16.2 Å². The van der Waals surface area contributed by atoms with Crippen LogP contribution in [0.25, 0.3) is 16.0 Å². The lowest BCUT2D eigenvalue weighted by atomic mass is 9.94. The third-order valence-electron chi connectivity index (χ3n) is 7.37. The lowest BCUT2D eigenvalue weighted by Crippen LogP contribution is -2.29. The van der Waals surface area contributed by atoms with E-state index >= 15 is 0 Å². The van der Waals surface area contributed by atoms with Crippen molar-refractivity contribution >= 4 is 44.1 Å². The first-order chi connectivity index (χ1) is 19.9. The van der Waals surface area contributed by atoms with Gasteiger partial charge in [0.2, 0.25) is 0 Å². The van der Waals surface area contributed by atoms with Crippen LogP contribution in [0.2, 0.25) is 0 Å². The molecule has 41 heavy (non-hydrogen) atoms. The number of carbonyl (C=O) groups is 2. The SMILES string of the molecule is CCCCOc1ccc([C@@H]2/C(=C(\O)c3ccc4c(c3)C[C@H](C)O4)C(=O)C(=O)N2c2nc3ccc(OC)cc3s2)cc1. The minimum Gasteiger partial charge on any atom is -0.507 e. The van der Waals surface area contributed by atoms with Gasteiger partial charge in [-0.15, -0.1) is 0 Å². The number of anilines is 1. The summed E-state index contributed by atoms with van der Waals surface area (Å²) in [5.74, 6) is 0.374. The quantitative estimate of drug-likeness (QED) is 0.113. The molecule has 0 spiro atoms. The zero-order chi connectivity index (χ0) is 28.7. The molecule has 1 fully saturated rings. The van der Waals surface area contributed by atoms with Gasteiger partial charge in [0.1, 0.15) is 29.1 Å². The third kappa shape index (κ3) is 4.91. The summed E-state index contributed by atoms with van der Waals surface area (Å²) in [6.07, 6.45) is 2.69. The van der Waals surface area contributed by atoms with E-state index in [9.17, 15) is 14.7 Å². The number of thiazole rings is 1. The van der Waals surface area contributed by atoms with Crippen LogP contribution in [-0.2, 0) is 16.0 Å². The highest BCUT2D eigenvalue weighted by Gasteiger charge is 2.48. The zero-order valence-electron chi connectivity index (χ0n) is 23.0. The molecule has 1 N–H and O–H groups in total. The highest BCUT2D eigenvalue weighted by Crippen LogP contribution is 2.45. The molecule has 9 heteroatoms. The van der Waals surface area contributed by atoms with Gasteiger partial charge in [0.15, 0.2) is 5.13 Å². The van der Waals surface area contributed by atoms with Crippen LogP contribution in [0, 0.1) is 0 Å². The Balaban J connectivity index is 1.47. The minimum atomic E-state index is -0.884. The third-order valence-corrected chi connectivity index (χ3v) is 8.38. The zero-order valence-corrected chi connectivity index (χ0v) is 23.9. The average molecular weight is 571 g/mol. The highest BCUT2D eigenvalue weighted by molar-refractivity contribution is 7.22. The Morgan fingerprint density at radius 1 is 1.10 bits per heavy atom. The molecule has 2 aliphatic heterocycles. The van der Waals surface area contributed by atoms with Gasteiger partial charge >= 0.3 is 5.91 Å². The maximum Gasteiger partial charge on any atom is 0.301 e. The van der Waals surface area contributed by atoms with Crippen LogP contribution in [0.3, 0.4) is 0 Å². The first-order valence-corrected chi connectivity index (χ1v) is 14.5. The Kier molecular flexibility index (Phi) is 7.13. The summed E-state index contributed by atoms with van der Waals surface area (Å²) in [7, 11) is 1.59. The van der Waals surface area contributed by atoms with E-state index in [2.05, 4.69) is 6.92 Å². The number of aliphatic hydroxyl groups is 1. The van der Waals surface area contributed by atoms with Crippen molar-refractivity contribution in [3.63, 3.8) is 0 Å². The smallest absolute Gasteiger partial charge is 0.301 e. The lowest BCUT2D eigenvalue weighted by Gasteiger charge is -2.23. The van der Waals surface area contributed by atoms with Gasteiger partial charge in [-0.25, -0.2) is 4.98 Å². The van der Waals surface area contributed by atoms with E-state index in [0.717, 1.165) is 28.9 Å². The van der Waals surface area contributed by atoms with Crippen molar-refractivity contribution in [2.45, 2.75) is 45.3 Å². The normalized spacial score (nSPS) is 19.4. The summed E-state index contributed by atoms with van der Waals surface area (Å²) in [6.45, 7) is 4.68. The molecule has 2 aliphatic rings. The first kappa shape index (κ1) is 26.8. The van der Waals surface area contributed by atoms with Crippen molar-refractivity contribution in [2.75, 3.05) is 18.6 Å². The van der Waals surface area contributed by atoms with Crippen LogP contribution in [0.5, 0.6) is 17.2 Å². The summed E-state index contributed by atoms with van der Waals surface area (Å²) in [5, 5.41) is 11.9. The van der Waals surface area contributed by atoms with Gasteiger partial charge in [0.05, 0.1) is 35.5 Å². The van der Waals surface area contributed by atoms with Gasteiger partial charge in [0, 0.05) is 12.0 Å². The average Bonchev–Trinajstić information content (AvgIpc) is 3.64. The van der Waals surface area contributed by atoms with Crippen molar-refractivity contribution in [3.05, 3.63) is 82.9 Å². The molecule has 3 aromatic carbocycles. The molecule has 0 bridgehead atoms. The number of amides is 1. The second kappa shape index (κ2) is 10.9. The first-order valence-electron chi connectivity index (χ1n) is 13.7. The number of nitrogens with zero attached hydrogens (tertiary/aromatic N) is 2. The van der Waals surface area contributed by atoms with E-state index < -0.39 is 17.7 Å². The molecule has 210 valence electrons. The number of aromatic nitrogens is 1. The number of unbranched alkanes of at least 4 members (excludes halogenated alkanes) is 1. The second-order valence-electron chi connectivity index (χ2n) is 10.2. The number of carbonyl (C=O) groups excluding carboxylic acids is 2. The van der Waals surface area contributed by atoms with Crippen molar-refractivity contribution in [1.82, 2.24) is 4.98 Å². The Morgan fingerprint density at radius 3 is 2.63 bits per heavy atom. The summed E-state index contributed by atoms with van der Waals surface area (Å²) in [4.78, 5) is 33.3. The molecule has 2 atom stereocenters. The van der Waals surface area contributed by atoms with E-state index in [4.69, 9.17) is 19.2 Å². The number of hydrogen-bond donors (Lipinski definition) is 1. The van der Waals surface area contributed by atoms with Crippen molar-refractivity contribution in [1.29, 1.82) is 0 Å². The molecule has 4 aromatic rings. The van der Waals surface area contributed by atoms with Crippen molar-refractivity contribution in [2.24, 2.45) is 0 Å². The number of rotatable bonds is 8. The largest absolute Gasteiger partial charge is 0.507 e. The number of Topliss-reactive ketones (excluding diaryl/α,β-unsaturated/α-hetero) is 1. The Bertz CT molecular complexity index is 1680. The van der Waals surface area contributed by atoms with Gasteiger partial charge in [-0.05, 0) is 73.0 Å². The second-order valence-corrected chi connectivity index (χ2v) is 11.2. The Morgan fingerprint density at radius 2 is 1.88 bits per heavy atom. The van der Waals surface area contributed by atoms with Crippen molar-refractivity contribution in [3.8, 4) is 17.2 Å². The van der Waals surface area contributed by atoms with Crippen LogP contribution < -0.4 is 19.1 Å². The van der Waals surface area contributed by atoms with E-state index in [1.54, 1.807) is 25.3 Å². The van der Waals surface area contributed by atoms with Gasteiger partial charge < -0.3 is 19.3 Å². The van der Waals surface area contributed by atoms with Gasteiger partial charge in [0.25, 0.3) is 5.78 Å². The predicted octanol–water partition coefficient (Wildman–Crippen LogP) is 6.43. The van der Waals surface area contributed by atoms with Crippen molar-refractivity contribution < 1.29 is 28.9 Å². The number of fused-ring (bicyclic) bond motifs is 2. The minimum absolute atomic E-state index is 0.0124. The van der Waals surface area contributed by atoms with Gasteiger partial charge in [-0.3, -0.25) is 14.5 Å². The number of ketones is 1. The summed E-state index contributed by atoms with van der Waals surface area (Å²) in [6, 6.07) is 17.2. The maximum atomic E-state index is 13.6. The maximum absolute atomic E-state index is 13.6. The molecule has 0 radical (unpaired) electrons. The number of benzene rings is 3. The van der Waals surface area contributed by atoms with E-state index in [-0.39, 0.29) is 17.4 Å². The number of ether oxygens (including phenoxy) is 3. The molecule has 1 saturated heterocycles. The van der Waals surface area contributed by atoms with Gasteiger partial charge in [-0.2, -0.15) is 0 Å². The molecule has 0 unspecified atom stereocenters. The molecule has 3 heterocycles. The molecule has 6 rings (SSSR count). The topological polar surface area (TPSA) is 98.2 Å². The number of methoxy groups -OCH3 is 1. The number of hydrogen-bond acceptors (Lipinski definition) is 8. The predicted molar refractivity (Wildman–Crippen MR) is 158 cm³/mol. The molecule has 0 aliphatic carbocycles. The Hall–Kier alpha value is -4.37. The van der Waals surface area contributed by atoms with Crippen LogP contribution in [-0.4, -0.2) is 41.6 Å². The molecule has 1 amide bonds. The molecule has 8 nitrogen and oxygen atoms in total. The van der Waals surface area contributed by atoms with Crippen LogP contribution in [0.4, 0.5) is 5.13 Å². The van der Waals surface area contributed by atoms with Crippen LogP contribution in [0.1, 0.15) is 49.4 Å². The monoisotopic (exact) mass is 570 g/mol. The summed E-state index contributed by atoms with van der Waals surface area (Å²) < 4.78 is 17.8. The van der Waals surface area contributed by atoms with Crippen LogP contribution >= 0.6 is 11.3 Å². The fourth-order valence-electron chi connectivity index (χ4n) is 5.27. The summed E-state index contributed by atoms with van der Waals surface area (Å²) in [5.41, 5.74) is 2.75. The molecule has 0 saturated carbocycles. The highest BCUT2D eigenvalue weighted by atomic mass is 32.1. The lowest BCUT2D eigenvalue weighted by molar-refractivity contribution is -0.132. The number of aliphatic hydroxyl groups excluding tert-OH is 1. The molecular formula is C32H30N2O6S. The Labute approximate surface area is 241 Å². The standard InChI is InChI=1S/C32H30N2O6S/c1-4-5-14-39-22-9-6-19(7-10-22)28-27(29(35)20-8-13-25-21(16-20)15-18(2)40-25)30(36)31(37)34(28)32-33-24-12-11-23(38-3)17-26(24)41-32/h6-13,16-18,28,35H,4-5,14-15H2,1-3H3/b29-27+/t18-,28+/m0/s1. The van der Waals surface area contributed by atoms with E-state index in [1.807, 2.05) is 49.4 Å². The fraction of sp³-hybridized carbons (Fsp3) is 0.281. The fourth-order valence-corrected chi connectivity index (χ4v) is 6.29. The van der Waals surface area contributed by atoms with E-state index in [0.29, 0.717) is 46.3 Å².